The summed E-state index contributed by atoms with van der Waals surface area (Å²) in [5, 5.41) is 4.96. The second-order valence-electron chi connectivity index (χ2n) is 4.41. The summed E-state index contributed by atoms with van der Waals surface area (Å²) in [7, 11) is 0. The van der Waals surface area contributed by atoms with Gasteiger partial charge in [0.1, 0.15) is 0 Å². The molecule has 104 valence electrons. The standard InChI is InChI=1S/C16H18N2OS/c1-2-8-20-9-7-18-16(19)14-10-12-5-3-4-6-13(12)11-15(14)17/h2-6,10-11H,1,7-9,17H2,(H,18,19). The van der Waals surface area contributed by atoms with Crippen molar-refractivity contribution in [1.82, 2.24) is 5.32 Å². The summed E-state index contributed by atoms with van der Waals surface area (Å²) in [6.45, 7) is 4.29. The highest BCUT2D eigenvalue weighted by molar-refractivity contribution is 7.99. The van der Waals surface area contributed by atoms with Crippen LogP contribution >= 0.6 is 11.8 Å². The van der Waals surface area contributed by atoms with Gasteiger partial charge < -0.3 is 11.1 Å². The molecule has 0 fully saturated rings. The number of benzene rings is 2. The highest BCUT2D eigenvalue weighted by Gasteiger charge is 2.10. The van der Waals surface area contributed by atoms with Gasteiger partial charge >= 0.3 is 0 Å². The van der Waals surface area contributed by atoms with Gasteiger partial charge in [-0.1, -0.05) is 30.3 Å². The van der Waals surface area contributed by atoms with Crippen molar-refractivity contribution in [3.63, 3.8) is 0 Å². The van der Waals surface area contributed by atoms with Crippen LogP contribution < -0.4 is 11.1 Å². The van der Waals surface area contributed by atoms with E-state index in [9.17, 15) is 4.79 Å². The molecule has 0 spiro atoms. The number of hydrogen-bond donors (Lipinski definition) is 2. The Balaban J connectivity index is 2.05. The highest BCUT2D eigenvalue weighted by atomic mass is 32.2. The zero-order valence-corrected chi connectivity index (χ0v) is 12.1. The Bertz CT molecular complexity index is 625. The van der Waals surface area contributed by atoms with Gasteiger partial charge in [-0.3, -0.25) is 4.79 Å². The third-order valence-electron chi connectivity index (χ3n) is 2.93. The number of thioether (sulfide) groups is 1. The number of amides is 1. The molecule has 0 saturated carbocycles. The Morgan fingerprint density at radius 1 is 1.30 bits per heavy atom. The molecule has 0 saturated heterocycles. The number of nitrogens with two attached hydrogens (primary N) is 1. The third kappa shape index (κ3) is 3.54. The van der Waals surface area contributed by atoms with E-state index in [-0.39, 0.29) is 5.91 Å². The number of carbonyl (C=O) groups is 1. The minimum atomic E-state index is -0.118. The SMILES string of the molecule is C=CCSCCNC(=O)c1cc2ccccc2cc1N. The van der Waals surface area contributed by atoms with Gasteiger partial charge in [0.15, 0.2) is 0 Å². The third-order valence-corrected chi connectivity index (χ3v) is 3.89. The predicted molar refractivity (Wildman–Crippen MR) is 88.2 cm³/mol. The van der Waals surface area contributed by atoms with Crippen LogP contribution in [0.3, 0.4) is 0 Å². The molecule has 20 heavy (non-hydrogen) atoms. The molecule has 3 N–H and O–H groups in total. The van der Waals surface area contributed by atoms with Crippen molar-refractivity contribution < 1.29 is 4.79 Å². The zero-order chi connectivity index (χ0) is 14.4. The molecule has 1 amide bonds. The molecule has 0 bridgehead atoms. The number of nitrogens with one attached hydrogen (secondary N) is 1. The van der Waals surface area contributed by atoms with E-state index in [4.69, 9.17) is 5.73 Å². The smallest absolute Gasteiger partial charge is 0.253 e. The fourth-order valence-corrected chi connectivity index (χ4v) is 2.53. The lowest BCUT2D eigenvalue weighted by Crippen LogP contribution is -2.26. The zero-order valence-electron chi connectivity index (χ0n) is 11.3. The molecule has 2 aromatic rings. The van der Waals surface area contributed by atoms with Crippen molar-refractivity contribution in [3.8, 4) is 0 Å². The summed E-state index contributed by atoms with van der Waals surface area (Å²) >= 11 is 1.73. The molecule has 0 radical (unpaired) electrons. The highest BCUT2D eigenvalue weighted by Crippen LogP contribution is 2.21. The quantitative estimate of drug-likeness (QED) is 0.487. The van der Waals surface area contributed by atoms with Gasteiger partial charge in [-0.25, -0.2) is 0 Å². The minimum absolute atomic E-state index is 0.118. The van der Waals surface area contributed by atoms with Gasteiger partial charge in [0.25, 0.3) is 5.91 Å². The second kappa shape index (κ2) is 7.01. The molecular formula is C16H18N2OS. The van der Waals surface area contributed by atoms with Crippen molar-refractivity contribution in [2.24, 2.45) is 0 Å². The van der Waals surface area contributed by atoms with Crippen molar-refractivity contribution in [2.45, 2.75) is 0 Å². The number of rotatable bonds is 6. The summed E-state index contributed by atoms with van der Waals surface area (Å²) in [5.74, 6) is 1.65. The van der Waals surface area contributed by atoms with E-state index in [2.05, 4.69) is 11.9 Å². The van der Waals surface area contributed by atoms with Crippen molar-refractivity contribution in [3.05, 3.63) is 54.6 Å². The van der Waals surface area contributed by atoms with E-state index in [0.29, 0.717) is 17.8 Å². The van der Waals surface area contributed by atoms with Crippen LogP contribution in [0.4, 0.5) is 5.69 Å². The number of nitrogen functional groups attached to an aromatic ring is 1. The normalized spacial score (nSPS) is 10.4. The lowest BCUT2D eigenvalue weighted by molar-refractivity contribution is 0.0957. The summed E-state index contributed by atoms with van der Waals surface area (Å²) in [4.78, 5) is 12.1. The van der Waals surface area contributed by atoms with Crippen LogP contribution in [0.2, 0.25) is 0 Å². The fraction of sp³-hybridized carbons (Fsp3) is 0.188. The molecule has 0 aliphatic rings. The number of fused-ring (bicyclic) bond motifs is 1. The summed E-state index contributed by atoms with van der Waals surface area (Å²) in [6.07, 6.45) is 1.85. The predicted octanol–water partition coefficient (Wildman–Crippen LogP) is 3.07. The van der Waals surface area contributed by atoms with Crippen molar-refractivity contribution in [2.75, 3.05) is 23.8 Å². The first-order chi connectivity index (χ1) is 9.72. The van der Waals surface area contributed by atoms with Crippen LogP contribution in [0.25, 0.3) is 10.8 Å². The fourth-order valence-electron chi connectivity index (χ4n) is 1.95. The van der Waals surface area contributed by atoms with Gasteiger partial charge in [0.2, 0.25) is 0 Å². The van der Waals surface area contributed by atoms with Crippen molar-refractivity contribution in [1.29, 1.82) is 0 Å². The molecule has 0 aliphatic carbocycles. The van der Waals surface area contributed by atoms with Crippen molar-refractivity contribution >= 4 is 34.1 Å². The van der Waals surface area contributed by atoms with Crippen LogP contribution in [0.5, 0.6) is 0 Å². The topological polar surface area (TPSA) is 55.1 Å². The second-order valence-corrected chi connectivity index (χ2v) is 5.56. The van der Waals surface area contributed by atoms with Gasteiger partial charge in [-0.05, 0) is 22.9 Å². The largest absolute Gasteiger partial charge is 0.398 e. The first kappa shape index (κ1) is 14.5. The number of carbonyl (C=O) groups excluding carboxylic acids is 1. The van der Waals surface area contributed by atoms with E-state index in [0.717, 1.165) is 22.3 Å². The molecule has 3 nitrogen and oxygen atoms in total. The van der Waals surface area contributed by atoms with E-state index in [1.807, 2.05) is 42.5 Å². The van der Waals surface area contributed by atoms with E-state index >= 15 is 0 Å². The molecule has 2 aromatic carbocycles. The first-order valence-electron chi connectivity index (χ1n) is 6.47. The van der Waals surface area contributed by atoms with E-state index < -0.39 is 0 Å². The molecule has 0 atom stereocenters. The Morgan fingerprint density at radius 3 is 2.70 bits per heavy atom. The average Bonchev–Trinajstić information content (AvgIpc) is 2.46. The van der Waals surface area contributed by atoms with Gasteiger partial charge in [-0.15, -0.1) is 6.58 Å². The van der Waals surface area contributed by atoms with Crippen LogP contribution in [0, 0.1) is 0 Å². The maximum absolute atomic E-state index is 12.1. The minimum Gasteiger partial charge on any atom is -0.398 e. The lowest BCUT2D eigenvalue weighted by Gasteiger charge is -2.09. The molecule has 2 rings (SSSR count). The molecule has 0 aromatic heterocycles. The maximum atomic E-state index is 12.1. The maximum Gasteiger partial charge on any atom is 0.253 e. The Morgan fingerprint density at radius 2 is 2.00 bits per heavy atom. The lowest BCUT2D eigenvalue weighted by atomic mass is 10.0. The molecule has 0 heterocycles. The number of hydrogen-bond acceptors (Lipinski definition) is 3. The Hall–Kier alpha value is -1.94. The summed E-state index contributed by atoms with van der Waals surface area (Å²) < 4.78 is 0. The van der Waals surface area contributed by atoms with Crippen LogP contribution in [0.1, 0.15) is 10.4 Å². The Labute approximate surface area is 123 Å². The van der Waals surface area contributed by atoms with E-state index in [1.165, 1.54) is 0 Å². The van der Waals surface area contributed by atoms with Gasteiger partial charge in [0.05, 0.1) is 5.56 Å². The number of anilines is 1. The average molecular weight is 286 g/mol. The Kier molecular flexibility index (Phi) is 5.07. The summed E-state index contributed by atoms with van der Waals surface area (Å²) in [6, 6.07) is 11.6. The summed E-state index contributed by atoms with van der Waals surface area (Å²) in [5.41, 5.74) is 7.01. The molecule has 0 unspecified atom stereocenters. The molecular weight excluding hydrogens is 268 g/mol. The van der Waals surface area contributed by atoms with Crippen LogP contribution in [-0.2, 0) is 0 Å². The monoisotopic (exact) mass is 286 g/mol. The first-order valence-corrected chi connectivity index (χ1v) is 7.63. The van der Waals surface area contributed by atoms with Gasteiger partial charge in [0, 0.05) is 23.7 Å². The van der Waals surface area contributed by atoms with Crippen LogP contribution in [-0.4, -0.2) is 24.0 Å². The molecule has 0 aliphatic heterocycles. The van der Waals surface area contributed by atoms with E-state index in [1.54, 1.807) is 11.8 Å². The van der Waals surface area contributed by atoms with Gasteiger partial charge in [-0.2, -0.15) is 11.8 Å². The molecule has 4 heteroatoms. The van der Waals surface area contributed by atoms with Crippen LogP contribution in [0.15, 0.2) is 49.1 Å².